The number of rotatable bonds is 5. The van der Waals surface area contributed by atoms with Gasteiger partial charge in [-0.25, -0.2) is 4.98 Å². The Morgan fingerprint density at radius 3 is 2.00 bits per heavy atom. The van der Waals surface area contributed by atoms with Crippen molar-refractivity contribution in [3.8, 4) is 11.1 Å². The third-order valence-electron chi connectivity index (χ3n) is 6.79. The lowest BCUT2D eigenvalue weighted by molar-refractivity contribution is -0.143. The molecule has 0 radical (unpaired) electrons. The molecule has 0 bridgehead atoms. The first-order valence-electron chi connectivity index (χ1n) is 12.2. The number of nitrogens with zero attached hydrogens (tertiary/aromatic N) is 2. The van der Waals surface area contributed by atoms with E-state index in [0.717, 1.165) is 11.1 Å². The van der Waals surface area contributed by atoms with Crippen LogP contribution >= 0.6 is 0 Å². The molecular formula is C28H27F6N3O2. The van der Waals surface area contributed by atoms with Gasteiger partial charge in [0.2, 0.25) is 5.91 Å². The van der Waals surface area contributed by atoms with E-state index in [4.69, 9.17) is 4.74 Å². The fourth-order valence-corrected chi connectivity index (χ4v) is 4.33. The van der Waals surface area contributed by atoms with Crippen molar-refractivity contribution in [1.29, 1.82) is 0 Å². The number of carbonyl (C=O) groups excluding carboxylic acids is 1. The van der Waals surface area contributed by atoms with E-state index in [2.05, 4.69) is 10.3 Å². The Hall–Kier alpha value is -3.60. The number of aromatic nitrogens is 1. The highest BCUT2D eigenvalue weighted by atomic mass is 19.4. The minimum Gasteiger partial charge on any atom is -0.378 e. The van der Waals surface area contributed by atoms with Gasteiger partial charge in [0.25, 0.3) is 0 Å². The monoisotopic (exact) mass is 551 g/mol. The Balaban J connectivity index is 1.75. The number of amides is 1. The summed E-state index contributed by atoms with van der Waals surface area (Å²) in [5, 5.41) is 2.71. The molecule has 39 heavy (non-hydrogen) atoms. The minimum atomic E-state index is -5.03. The molecule has 2 heterocycles. The van der Waals surface area contributed by atoms with E-state index >= 15 is 0 Å². The summed E-state index contributed by atoms with van der Waals surface area (Å²) in [5.41, 5.74) is -2.54. The normalized spacial score (nSPS) is 14.8. The highest BCUT2D eigenvalue weighted by molar-refractivity contribution is 6.01. The number of nitrogens with one attached hydrogen (secondary N) is 1. The van der Waals surface area contributed by atoms with Gasteiger partial charge in [0.1, 0.15) is 5.82 Å². The molecule has 3 aromatic rings. The van der Waals surface area contributed by atoms with Gasteiger partial charge in [-0.05, 0) is 61.7 Å². The van der Waals surface area contributed by atoms with Gasteiger partial charge in [-0.2, -0.15) is 26.3 Å². The molecule has 1 aliphatic heterocycles. The van der Waals surface area contributed by atoms with E-state index in [9.17, 15) is 31.1 Å². The van der Waals surface area contributed by atoms with Crippen LogP contribution in [0.3, 0.4) is 0 Å². The van der Waals surface area contributed by atoms with Gasteiger partial charge < -0.3 is 15.0 Å². The molecule has 11 heteroatoms. The maximum absolute atomic E-state index is 13.5. The zero-order valence-electron chi connectivity index (χ0n) is 21.5. The highest BCUT2D eigenvalue weighted by Crippen LogP contribution is 2.40. The lowest BCUT2D eigenvalue weighted by Gasteiger charge is -2.29. The molecule has 1 aromatic heterocycles. The molecule has 0 aliphatic carbocycles. The van der Waals surface area contributed by atoms with Crippen LogP contribution in [0.1, 0.15) is 36.1 Å². The van der Waals surface area contributed by atoms with Gasteiger partial charge in [0.05, 0.1) is 41.6 Å². The van der Waals surface area contributed by atoms with E-state index in [0.29, 0.717) is 49.8 Å². The SMILES string of the molecule is Cc1ccccc1-c1cc(N2CCOCC2)ncc1NC(=O)C(C)(C)c1cc(C(F)(F)F)cc(C(F)(F)F)c1. The highest BCUT2D eigenvalue weighted by Gasteiger charge is 2.40. The molecule has 4 rings (SSSR count). The first-order valence-corrected chi connectivity index (χ1v) is 12.2. The number of ether oxygens (including phenoxy) is 1. The van der Waals surface area contributed by atoms with E-state index in [1.165, 1.54) is 20.0 Å². The third kappa shape index (κ3) is 6.19. The fraction of sp³-hybridized carbons (Fsp3) is 0.357. The van der Waals surface area contributed by atoms with Gasteiger partial charge in [0, 0.05) is 18.7 Å². The standard InChI is InChI=1S/C28H27F6N3O2/c1-17-6-4-5-7-21(17)22-15-24(37-8-10-39-11-9-37)35-16-23(22)36-25(38)26(2,3)18-12-19(27(29,30)31)14-20(13-18)28(32,33)34/h4-7,12-16H,8-11H2,1-3H3,(H,36,38). The van der Waals surface area contributed by atoms with Crippen molar-refractivity contribution >= 4 is 17.4 Å². The zero-order chi connectivity index (χ0) is 28.6. The largest absolute Gasteiger partial charge is 0.416 e. The molecular weight excluding hydrogens is 524 g/mol. The quantitative estimate of drug-likeness (QED) is 0.353. The average molecular weight is 552 g/mol. The first kappa shape index (κ1) is 28.4. The topological polar surface area (TPSA) is 54.5 Å². The number of halogens is 6. The molecule has 0 saturated carbocycles. The number of anilines is 2. The first-order chi connectivity index (χ1) is 18.2. The molecule has 0 spiro atoms. The Morgan fingerprint density at radius 2 is 1.44 bits per heavy atom. The van der Waals surface area contributed by atoms with Crippen LogP contribution in [-0.4, -0.2) is 37.2 Å². The molecule has 5 nitrogen and oxygen atoms in total. The van der Waals surface area contributed by atoms with Crippen LogP contribution < -0.4 is 10.2 Å². The molecule has 0 unspecified atom stereocenters. The van der Waals surface area contributed by atoms with Crippen molar-refractivity contribution < 1.29 is 35.9 Å². The van der Waals surface area contributed by atoms with E-state index in [-0.39, 0.29) is 11.8 Å². The van der Waals surface area contributed by atoms with Crippen molar-refractivity contribution in [3.05, 3.63) is 77.0 Å². The van der Waals surface area contributed by atoms with Crippen LogP contribution in [0.2, 0.25) is 0 Å². The number of benzene rings is 2. The predicted octanol–water partition coefficient (Wildman–Crippen LogP) is 6.85. The number of hydrogen-bond donors (Lipinski definition) is 1. The van der Waals surface area contributed by atoms with E-state index in [1.54, 1.807) is 0 Å². The van der Waals surface area contributed by atoms with Crippen LogP contribution in [-0.2, 0) is 27.3 Å². The minimum absolute atomic E-state index is 0.0437. The second-order valence-electron chi connectivity index (χ2n) is 9.88. The Labute approximate surface area is 221 Å². The summed E-state index contributed by atoms with van der Waals surface area (Å²) < 4.78 is 86.1. The van der Waals surface area contributed by atoms with Crippen molar-refractivity contribution in [1.82, 2.24) is 4.98 Å². The lowest BCUT2D eigenvalue weighted by Crippen LogP contribution is -2.37. The number of pyridine rings is 1. The summed E-state index contributed by atoms with van der Waals surface area (Å²) in [6.07, 6.45) is -8.60. The number of morpholine rings is 1. The Morgan fingerprint density at radius 1 is 0.872 bits per heavy atom. The second-order valence-corrected chi connectivity index (χ2v) is 9.88. The molecule has 1 aliphatic rings. The summed E-state index contributed by atoms with van der Waals surface area (Å²) in [6, 6.07) is 10.4. The van der Waals surface area contributed by atoms with Gasteiger partial charge in [-0.15, -0.1) is 0 Å². The maximum Gasteiger partial charge on any atom is 0.416 e. The molecule has 2 aromatic carbocycles. The van der Waals surface area contributed by atoms with Crippen molar-refractivity contribution in [2.75, 3.05) is 36.5 Å². The number of hydrogen-bond acceptors (Lipinski definition) is 4. The average Bonchev–Trinajstić information content (AvgIpc) is 2.88. The summed E-state index contributed by atoms with van der Waals surface area (Å²) in [5.74, 6) is -0.132. The molecule has 1 fully saturated rings. The smallest absolute Gasteiger partial charge is 0.378 e. The second kappa shape index (κ2) is 10.5. The van der Waals surface area contributed by atoms with Crippen molar-refractivity contribution in [2.24, 2.45) is 0 Å². The summed E-state index contributed by atoms with van der Waals surface area (Å²) in [6.45, 7) is 6.75. The zero-order valence-corrected chi connectivity index (χ0v) is 21.5. The lowest BCUT2D eigenvalue weighted by atomic mass is 9.81. The number of aryl methyl sites for hydroxylation is 1. The van der Waals surface area contributed by atoms with Crippen LogP contribution in [0.15, 0.2) is 54.7 Å². The summed E-state index contributed by atoms with van der Waals surface area (Å²) in [7, 11) is 0. The Bertz CT molecular complexity index is 1330. The fourth-order valence-electron chi connectivity index (χ4n) is 4.33. The van der Waals surface area contributed by atoms with Gasteiger partial charge in [0.15, 0.2) is 0 Å². The molecule has 0 atom stereocenters. The van der Waals surface area contributed by atoms with E-state index < -0.39 is 40.4 Å². The van der Waals surface area contributed by atoms with Gasteiger partial charge in [-0.1, -0.05) is 24.3 Å². The van der Waals surface area contributed by atoms with Gasteiger partial charge >= 0.3 is 12.4 Å². The number of carbonyl (C=O) groups is 1. The third-order valence-corrected chi connectivity index (χ3v) is 6.79. The maximum atomic E-state index is 13.5. The predicted molar refractivity (Wildman–Crippen MR) is 136 cm³/mol. The van der Waals surface area contributed by atoms with Crippen molar-refractivity contribution in [3.63, 3.8) is 0 Å². The van der Waals surface area contributed by atoms with E-state index in [1.807, 2.05) is 42.2 Å². The van der Waals surface area contributed by atoms with Crippen LogP contribution in [0, 0.1) is 6.92 Å². The summed E-state index contributed by atoms with van der Waals surface area (Å²) >= 11 is 0. The molecule has 1 amide bonds. The van der Waals surface area contributed by atoms with Crippen LogP contribution in [0.4, 0.5) is 37.8 Å². The van der Waals surface area contributed by atoms with Crippen molar-refractivity contribution in [2.45, 2.75) is 38.5 Å². The molecule has 1 saturated heterocycles. The molecule has 1 N–H and O–H groups in total. The molecule has 208 valence electrons. The number of alkyl halides is 6. The van der Waals surface area contributed by atoms with Crippen LogP contribution in [0.5, 0.6) is 0 Å². The summed E-state index contributed by atoms with van der Waals surface area (Å²) in [4.78, 5) is 20.0. The Kier molecular flexibility index (Phi) is 7.66. The van der Waals surface area contributed by atoms with Crippen LogP contribution in [0.25, 0.3) is 11.1 Å². The van der Waals surface area contributed by atoms with Gasteiger partial charge in [-0.3, -0.25) is 4.79 Å².